The Hall–Kier alpha value is -1.10. The van der Waals surface area contributed by atoms with Gasteiger partial charge in [0.15, 0.2) is 0 Å². The molecule has 0 aliphatic rings. The molecule has 5 heteroatoms. The summed E-state index contributed by atoms with van der Waals surface area (Å²) in [6, 6.07) is 0. The molecule has 0 aromatic rings. The van der Waals surface area contributed by atoms with Crippen LogP contribution in [0.5, 0.6) is 0 Å². The van der Waals surface area contributed by atoms with Crippen LogP contribution in [0.25, 0.3) is 0 Å². The second-order valence-electron chi connectivity index (χ2n) is 7.50. The van der Waals surface area contributed by atoms with Crippen LogP contribution in [0, 0.1) is 11.8 Å². The van der Waals surface area contributed by atoms with E-state index in [9.17, 15) is 9.59 Å². The molecule has 0 rings (SSSR count). The summed E-state index contributed by atoms with van der Waals surface area (Å²) in [5.41, 5.74) is 0. The maximum Gasteiger partial charge on any atom is 0.308 e. The Balaban J connectivity index is 3.57. The van der Waals surface area contributed by atoms with Crippen LogP contribution in [0.15, 0.2) is 0 Å². The first-order valence-corrected chi connectivity index (χ1v) is 11.5. The molecule has 0 aliphatic carbocycles. The average Bonchev–Trinajstić information content (AvgIpc) is 2.70. The number of esters is 2. The number of unbranched alkanes of at least 4 members (excludes halogenated alkanes) is 4. The predicted octanol–water partition coefficient (Wildman–Crippen LogP) is 5.69. The zero-order valence-electron chi connectivity index (χ0n) is 18.8. The van der Waals surface area contributed by atoms with E-state index in [1.54, 1.807) is 0 Å². The van der Waals surface area contributed by atoms with Gasteiger partial charge in [0, 0.05) is 6.61 Å². The van der Waals surface area contributed by atoms with Crippen LogP contribution < -0.4 is 0 Å². The molecule has 0 aliphatic heterocycles. The third-order valence-electron chi connectivity index (χ3n) is 5.11. The van der Waals surface area contributed by atoms with Crippen molar-refractivity contribution in [3.8, 4) is 0 Å². The molecule has 166 valence electrons. The first-order chi connectivity index (χ1) is 13.6. The Morgan fingerprint density at radius 3 is 1.61 bits per heavy atom. The van der Waals surface area contributed by atoms with E-state index in [0.29, 0.717) is 26.4 Å². The van der Waals surface area contributed by atoms with Crippen molar-refractivity contribution in [1.29, 1.82) is 0 Å². The van der Waals surface area contributed by atoms with Crippen molar-refractivity contribution in [2.24, 2.45) is 11.8 Å². The maximum atomic E-state index is 12.0. The minimum atomic E-state index is -0.0920. The highest BCUT2D eigenvalue weighted by Crippen LogP contribution is 2.15. The van der Waals surface area contributed by atoms with Crippen molar-refractivity contribution in [2.45, 2.75) is 98.3 Å². The van der Waals surface area contributed by atoms with Gasteiger partial charge in [0.05, 0.1) is 25.0 Å². The summed E-state index contributed by atoms with van der Waals surface area (Å²) >= 11 is 0. The van der Waals surface area contributed by atoms with Crippen LogP contribution in [-0.4, -0.2) is 38.4 Å². The highest BCUT2D eigenvalue weighted by atomic mass is 16.6. The van der Waals surface area contributed by atoms with E-state index < -0.39 is 0 Å². The van der Waals surface area contributed by atoms with Crippen LogP contribution >= 0.6 is 0 Å². The highest BCUT2D eigenvalue weighted by molar-refractivity contribution is 5.72. The number of carbonyl (C=O) groups excluding carboxylic acids is 2. The van der Waals surface area contributed by atoms with Gasteiger partial charge in [-0.05, 0) is 44.9 Å². The molecule has 0 bridgehead atoms. The lowest BCUT2D eigenvalue weighted by Crippen LogP contribution is -2.19. The third kappa shape index (κ3) is 14.0. The molecule has 2 atom stereocenters. The van der Waals surface area contributed by atoms with Gasteiger partial charge in [-0.1, -0.05) is 53.4 Å². The lowest BCUT2D eigenvalue weighted by Gasteiger charge is -2.14. The molecule has 0 saturated heterocycles. The lowest BCUT2D eigenvalue weighted by atomic mass is 10.00. The first-order valence-electron chi connectivity index (χ1n) is 11.5. The normalized spacial score (nSPS) is 13.1. The van der Waals surface area contributed by atoms with E-state index >= 15 is 0 Å². The van der Waals surface area contributed by atoms with Gasteiger partial charge < -0.3 is 14.2 Å². The van der Waals surface area contributed by atoms with Gasteiger partial charge in [0.1, 0.15) is 6.61 Å². The van der Waals surface area contributed by atoms with Crippen molar-refractivity contribution in [1.82, 2.24) is 0 Å². The van der Waals surface area contributed by atoms with Gasteiger partial charge in [-0.25, -0.2) is 0 Å². The van der Waals surface area contributed by atoms with Crippen LogP contribution in [-0.2, 0) is 23.8 Å². The highest BCUT2D eigenvalue weighted by Gasteiger charge is 2.17. The Bertz CT molecular complexity index is 347. The smallest absolute Gasteiger partial charge is 0.308 e. The summed E-state index contributed by atoms with van der Waals surface area (Å²) < 4.78 is 16.2. The Morgan fingerprint density at radius 1 is 0.607 bits per heavy atom. The molecule has 0 fully saturated rings. The van der Waals surface area contributed by atoms with Crippen LogP contribution in [0.3, 0.4) is 0 Å². The van der Waals surface area contributed by atoms with Crippen LogP contribution in [0.2, 0.25) is 0 Å². The monoisotopic (exact) mass is 400 g/mol. The van der Waals surface area contributed by atoms with Crippen molar-refractivity contribution in [3.63, 3.8) is 0 Å². The Labute approximate surface area is 172 Å². The molecule has 28 heavy (non-hydrogen) atoms. The first kappa shape index (κ1) is 26.9. The SMILES string of the molecule is CCCC[C@@H](CC)C(=O)OCCCCCOCCOC(=O)[C@H](CC)CCCC. The standard InChI is InChI=1S/C23H44O5/c1-5-9-14-20(7-3)22(24)27-17-13-11-12-16-26-18-19-28-23(25)21(8-4)15-10-6-2/h20-21H,5-19H2,1-4H3/t20-,21-/m1/s1. The predicted molar refractivity (Wildman–Crippen MR) is 113 cm³/mol. The molecule has 0 radical (unpaired) electrons. The number of hydrogen-bond acceptors (Lipinski definition) is 5. The molecule has 0 heterocycles. The van der Waals surface area contributed by atoms with Gasteiger partial charge in [0.25, 0.3) is 0 Å². The quantitative estimate of drug-likeness (QED) is 0.206. The molecule has 0 saturated carbocycles. The van der Waals surface area contributed by atoms with Crippen LogP contribution in [0.4, 0.5) is 0 Å². The molecule has 0 N–H and O–H groups in total. The van der Waals surface area contributed by atoms with E-state index in [2.05, 4.69) is 13.8 Å². The zero-order valence-corrected chi connectivity index (χ0v) is 18.8. The molecule has 0 unspecified atom stereocenters. The molecular formula is C23H44O5. The Kier molecular flexibility index (Phi) is 18.5. The minimum absolute atomic E-state index is 0.0249. The zero-order chi connectivity index (χ0) is 21.0. The van der Waals surface area contributed by atoms with Crippen LogP contribution in [0.1, 0.15) is 98.3 Å². The second-order valence-corrected chi connectivity index (χ2v) is 7.50. The summed E-state index contributed by atoms with van der Waals surface area (Å²) in [7, 11) is 0. The molecule has 0 spiro atoms. The molecule has 0 aromatic carbocycles. The fraction of sp³-hybridized carbons (Fsp3) is 0.913. The van der Waals surface area contributed by atoms with E-state index in [1.807, 2.05) is 13.8 Å². The molecule has 5 nitrogen and oxygen atoms in total. The summed E-state index contributed by atoms with van der Waals surface area (Å²) in [6.07, 6.45) is 10.7. The van der Waals surface area contributed by atoms with E-state index in [1.165, 1.54) is 0 Å². The topological polar surface area (TPSA) is 61.8 Å². The fourth-order valence-electron chi connectivity index (χ4n) is 3.07. The van der Waals surface area contributed by atoms with Gasteiger partial charge in [-0.15, -0.1) is 0 Å². The average molecular weight is 401 g/mol. The summed E-state index contributed by atoms with van der Waals surface area (Å²) in [6.45, 7) is 10.3. The molecule has 0 amide bonds. The number of ether oxygens (including phenoxy) is 3. The van der Waals surface area contributed by atoms with E-state index in [4.69, 9.17) is 14.2 Å². The van der Waals surface area contributed by atoms with Crippen molar-refractivity contribution < 1.29 is 23.8 Å². The Morgan fingerprint density at radius 2 is 1.11 bits per heavy atom. The maximum absolute atomic E-state index is 12.0. The van der Waals surface area contributed by atoms with E-state index in [-0.39, 0.29) is 23.8 Å². The lowest BCUT2D eigenvalue weighted by molar-refractivity contribution is -0.151. The van der Waals surface area contributed by atoms with E-state index in [0.717, 1.165) is 70.6 Å². The van der Waals surface area contributed by atoms with Crippen molar-refractivity contribution in [3.05, 3.63) is 0 Å². The van der Waals surface area contributed by atoms with Crippen molar-refractivity contribution in [2.75, 3.05) is 26.4 Å². The minimum Gasteiger partial charge on any atom is -0.465 e. The summed E-state index contributed by atoms with van der Waals surface area (Å²) in [5, 5.41) is 0. The largest absolute Gasteiger partial charge is 0.465 e. The van der Waals surface area contributed by atoms with Gasteiger partial charge in [0.2, 0.25) is 0 Å². The number of carbonyl (C=O) groups is 2. The van der Waals surface area contributed by atoms with Crippen molar-refractivity contribution >= 4 is 11.9 Å². The van der Waals surface area contributed by atoms with Gasteiger partial charge in [-0.3, -0.25) is 9.59 Å². The number of hydrogen-bond donors (Lipinski definition) is 0. The summed E-state index contributed by atoms with van der Waals surface area (Å²) in [4.78, 5) is 23.9. The number of rotatable bonds is 19. The third-order valence-corrected chi connectivity index (χ3v) is 5.11. The van der Waals surface area contributed by atoms with Gasteiger partial charge >= 0.3 is 11.9 Å². The summed E-state index contributed by atoms with van der Waals surface area (Å²) in [5.74, 6) is -0.0544. The molecular weight excluding hydrogens is 356 g/mol. The molecule has 0 aromatic heterocycles. The second kappa shape index (κ2) is 19.2. The van der Waals surface area contributed by atoms with Gasteiger partial charge in [-0.2, -0.15) is 0 Å². The fourth-order valence-corrected chi connectivity index (χ4v) is 3.07.